The smallest absolute Gasteiger partial charge is 0.240 e. The molecule has 0 radical (unpaired) electrons. The van der Waals surface area contributed by atoms with Crippen LogP contribution in [0.2, 0.25) is 0 Å². The van der Waals surface area contributed by atoms with E-state index < -0.39 is 0 Å². The Balaban J connectivity index is 1.54. The monoisotopic (exact) mass is 342 g/mol. The van der Waals surface area contributed by atoms with E-state index in [1.165, 1.54) is 0 Å². The predicted molar refractivity (Wildman–Crippen MR) is 93.8 cm³/mol. The number of rotatable bonds is 6. The number of hydrogen-bond acceptors (Lipinski definition) is 6. The van der Waals surface area contributed by atoms with Gasteiger partial charge < -0.3 is 4.52 Å². The zero-order valence-corrected chi connectivity index (χ0v) is 14.3. The topological polar surface area (TPSA) is 80.0 Å². The van der Waals surface area contributed by atoms with Gasteiger partial charge in [-0.1, -0.05) is 35.5 Å². The number of carbonyl (C=O) groups is 1. The van der Waals surface area contributed by atoms with Crippen LogP contribution in [0.1, 0.15) is 23.7 Å². The molecule has 0 aliphatic heterocycles. The minimum Gasteiger partial charge on any atom is -0.338 e. The zero-order valence-electron chi connectivity index (χ0n) is 13.4. The van der Waals surface area contributed by atoms with Gasteiger partial charge in [0, 0.05) is 17.0 Å². The fourth-order valence-electron chi connectivity index (χ4n) is 2.17. The van der Waals surface area contributed by atoms with Gasteiger partial charge in [0.25, 0.3) is 0 Å². The third kappa shape index (κ3) is 4.06. The van der Waals surface area contributed by atoms with Crippen molar-refractivity contribution in [2.75, 3.05) is 11.9 Å². The second-order valence-electron chi connectivity index (χ2n) is 5.42. The van der Waals surface area contributed by atoms with Crippen molar-refractivity contribution in [2.45, 2.75) is 19.9 Å². The quantitative estimate of drug-likeness (QED) is 0.718. The van der Waals surface area contributed by atoms with Crippen LogP contribution in [0.15, 0.2) is 46.3 Å². The molecule has 1 aromatic carbocycles. The van der Waals surface area contributed by atoms with Crippen molar-refractivity contribution in [3.05, 3.63) is 52.5 Å². The average molecular weight is 342 g/mol. The number of amides is 1. The van der Waals surface area contributed by atoms with Gasteiger partial charge >= 0.3 is 0 Å². The number of anilines is 1. The first-order valence-electron chi connectivity index (χ1n) is 7.59. The van der Waals surface area contributed by atoms with Crippen LogP contribution in [0.25, 0.3) is 11.3 Å². The summed E-state index contributed by atoms with van der Waals surface area (Å²) in [6, 6.07) is 11.7. The molecule has 2 heterocycles. The first-order valence-corrected chi connectivity index (χ1v) is 8.47. The first-order chi connectivity index (χ1) is 11.6. The summed E-state index contributed by atoms with van der Waals surface area (Å²) in [5, 5.41) is 12.5. The molecule has 7 heteroatoms. The Labute approximate surface area is 143 Å². The molecule has 124 valence electrons. The molecule has 0 fully saturated rings. The second-order valence-corrected chi connectivity index (χ2v) is 6.31. The number of nitrogens with zero attached hydrogens (tertiary/aromatic N) is 2. The molecule has 6 nitrogen and oxygen atoms in total. The molecule has 2 N–H and O–H groups in total. The van der Waals surface area contributed by atoms with Gasteiger partial charge in [0.15, 0.2) is 0 Å². The molecular formula is C17H18N4O2S. The summed E-state index contributed by atoms with van der Waals surface area (Å²) < 4.78 is 4.96. The van der Waals surface area contributed by atoms with Crippen LogP contribution in [0, 0.1) is 6.92 Å². The van der Waals surface area contributed by atoms with Crippen LogP contribution < -0.4 is 10.6 Å². The van der Waals surface area contributed by atoms with Crippen LogP contribution in [0.3, 0.4) is 0 Å². The SMILES string of the molecule is Cc1cc(NC(=O)CN[C@H](C)c2nc(-c3ccccc3)cs2)on1. The van der Waals surface area contributed by atoms with Gasteiger partial charge in [-0.25, -0.2) is 4.98 Å². The summed E-state index contributed by atoms with van der Waals surface area (Å²) in [7, 11) is 0. The molecule has 0 saturated carbocycles. The van der Waals surface area contributed by atoms with E-state index in [1.807, 2.05) is 42.6 Å². The van der Waals surface area contributed by atoms with Crippen molar-refractivity contribution in [1.82, 2.24) is 15.5 Å². The highest BCUT2D eigenvalue weighted by Crippen LogP contribution is 2.25. The van der Waals surface area contributed by atoms with Crippen molar-refractivity contribution in [3.63, 3.8) is 0 Å². The van der Waals surface area contributed by atoms with Crippen molar-refractivity contribution >= 4 is 23.1 Å². The number of aryl methyl sites for hydroxylation is 1. The van der Waals surface area contributed by atoms with Crippen LogP contribution in [0.4, 0.5) is 5.88 Å². The number of benzene rings is 1. The van der Waals surface area contributed by atoms with Gasteiger partial charge in [-0.3, -0.25) is 15.4 Å². The minimum atomic E-state index is -0.183. The summed E-state index contributed by atoms with van der Waals surface area (Å²) in [5.41, 5.74) is 2.76. The molecule has 0 saturated heterocycles. The van der Waals surface area contributed by atoms with Crippen LogP contribution in [-0.2, 0) is 4.79 Å². The maximum absolute atomic E-state index is 11.9. The number of carbonyl (C=O) groups excluding carboxylic acids is 1. The van der Waals surface area contributed by atoms with E-state index in [0.717, 1.165) is 22.0 Å². The summed E-state index contributed by atoms with van der Waals surface area (Å²) in [6.45, 7) is 3.95. The van der Waals surface area contributed by atoms with Crippen LogP contribution in [-0.4, -0.2) is 22.6 Å². The molecular weight excluding hydrogens is 324 g/mol. The third-order valence-electron chi connectivity index (χ3n) is 3.42. The molecule has 3 rings (SSSR count). The van der Waals surface area contributed by atoms with E-state index in [2.05, 4.69) is 20.8 Å². The van der Waals surface area contributed by atoms with Crippen LogP contribution >= 0.6 is 11.3 Å². The molecule has 1 amide bonds. The minimum absolute atomic E-state index is 0.0188. The van der Waals surface area contributed by atoms with Crippen molar-refractivity contribution in [2.24, 2.45) is 0 Å². The molecule has 0 aliphatic carbocycles. The number of thiazole rings is 1. The Bertz CT molecular complexity index is 813. The fraction of sp³-hybridized carbons (Fsp3) is 0.235. The molecule has 3 aromatic rings. The van der Waals surface area contributed by atoms with Gasteiger partial charge in [-0.15, -0.1) is 11.3 Å². The van der Waals surface area contributed by atoms with E-state index in [0.29, 0.717) is 5.88 Å². The standard InChI is InChI=1S/C17H18N4O2S/c1-11-8-16(23-21-11)20-15(22)9-18-12(2)17-19-14(10-24-17)13-6-4-3-5-7-13/h3-8,10,12,18H,9H2,1-2H3,(H,20,22)/t12-/m1/s1. The molecule has 0 spiro atoms. The van der Waals surface area contributed by atoms with Gasteiger partial charge in [-0.2, -0.15) is 0 Å². The van der Waals surface area contributed by atoms with E-state index in [1.54, 1.807) is 24.3 Å². The fourth-order valence-corrected chi connectivity index (χ4v) is 3.02. The van der Waals surface area contributed by atoms with Gasteiger partial charge in [0.05, 0.1) is 24.0 Å². The number of hydrogen-bond donors (Lipinski definition) is 2. The molecule has 1 atom stereocenters. The van der Waals surface area contributed by atoms with Crippen molar-refractivity contribution in [1.29, 1.82) is 0 Å². The normalized spacial score (nSPS) is 12.1. The number of aromatic nitrogens is 2. The Morgan fingerprint density at radius 2 is 2.12 bits per heavy atom. The number of nitrogens with one attached hydrogen (secondary N) is 2. The lowest BCUT2D eigenvalue weighted by Crippen LogP contribution is -2.30. The Morgan fingerprint density at radius 1 is 1.33 bits per heavy atom. The maximum Gasteiger partial charge on any atom is 0.240 e. The molecule has 0 bridgehead atoms. The summed E-state index contributed by atoms with van der Waals surface area (Å²) in [6.07, 6.45) is 0. The van der Waals surface area contributed by atoms with E-state index in [9.17, 15) is 4.79 Å². The van der Waals surface area contributed by atoms with Crippen LogP contribution in [0.5, 0.6) is 0 Å². The molecule has 0 unspecified atom stereocenters. The lowest BCUT2D eigenvalue weighted by Gasteiger charge is -2.10. The highest BCUT2D eigenvalue weighted by molar-refractivity contribution is 7.10. The third-order valence-corrected chi connectivity index (χ3v) is 4.45. The molecule has 0 aliphatic rings. The van der Waals surface area contributed by atoms with Gasteiger partial charge in [0.1, 0.15) is 5.01 Å². The summed E-state index contributed by atoms with van der Waals surface area (Å²) in [4.78, 5) is 16.5. The van der Waals surface area contributed by atoms with E-state index >= 15 is 0 Å². The van der Waals surface area contributed by atoms with Gasteiger partial charge in [0.2, 0.25) is 11.8 Å². The summed E-state index contributed by atoms with van der Waals surface area (Å²) >= 11 is 1.58. The van der Waals surface area contributed by atoms with E-state index in [4.69, 9.17) is 4.52 Å². The Kier molecular flexibility index (Phi) is 5.02. The Morgan fingerprint density at radius 3 is 2.83 bits per heavy atom. The average Bonchev–Trinajstić information content (AvgIpc) is 3.23. The molecule has 24 heavy (non-hydrogen) atoms. The highest BCUT2D eigenvalue weighted by Gasteiger charge is 2.13. The summed E-state index contributed by atoms with van der Waals surface area (Å²) in [5.74, 6) is 0.172. The van der Waals surface area contributed by atoms with Crippen molar-refractivity contribution < 1.29 is 9.32 Å². The maximum atomic E-state index is 11.9. The highest BCUT2D eigenvalue weighted by atomic mass is 32.1. The Hall–Kier alpha value is -2.51. The lowest BCUT2D eigenvalue weighted by atomic mass is 10.2. The first kappa shape index (κ1) is 16.4. The predicted octanol–water partition coefficient (Wildman–Crippen LogP) is 3.40. The second kappa shape index (κ2) is 7.37. The largest absolute Gasteiger partial charge is 0.338 e. The van der Waals surface area contributed by atoms with Gasteiger partial charge in [-0.05, 0) is 13.8 Å². The lowest BCUT2D eigenvalue weighted by molar-refractivity contribution is -0.115. The van der Waals surface area contributed by atoms with Crippen molar-refractivity contribution in [3.8, 4) is 11.3 Å². The molecule has 2 aromatic heterocycles. The zero-order chi connectivity index (χ0) is 16.9. The van der Waals surface area contributed by atoms with E-state index in [-0.39, 0.29) is 18.5 Å².